The van der Waals surface area contributed by atoms with E-state index in [2.05, 4.69) is 0 Å². The van der Waals surface area contributed by atoms with Crippen molar-refractivity contribution in [1.29, 1.82) is 2.67 Å². The number of Topliss-reactive ketones (excluding diaryl/α,β-unsaturated/α-hetero) is 1. The Hall–Kier alpha value is -0.485. The van der Waals surface area contributed by atoms with Crippen LogP contribution in [-0.2, 0) is 13.8 Å². The number of hydrogen-bond acceptors (Lipinski definition) is 4. The van der Waals surface area contributed by atoms with Crippen molar-refractivity contribution in [3.63, 3.8) is 0 Å². The van der Waals surface area contributed by atoms with Gasteiger partial charge in [-0.3, -0.25) is 9.59 Å². The number of aliphatic carboxylic acids is 1. The number of hydrogen-bond donors (Lipinski definition) is 1. The van der Waals surface area contributed by atoms with Crippen LogP contribution in [0.5, 0.6) is 0 Å². The number of rotatable bonds is 7. The van der Waals surface area contributed by atoms with E-state index in [4.69, 9.17) is 12.0 Å². The zero-order valence-electron chi connectivity index (χ0n) is 11.2. The number of carbonyl (C=O) groups excluding carboxylic acids is 1. The summed E-state index contributed by atoms with van der Waals surface area (Å²) >= 11 is 1.02. The molecule has 90 valence electrons. The van der Waals surface area contributed by atoms with E-state index >= 15 is 0 Å². The van der Waals surface area contributed by atoms with Gasteiger partial charge in [0.1, 0.15) is 13.6 Å². The number of carboxylic acids is 1. The minimum Gasteiger partial charge on any atom is -0.481 e. The molecule has 6 heteroatoms. The highest BCUT2D eigenvalue weighted by Gasteiger charge is 2.40. The summed E-state index contributed by atoms with van der Waals surface area (Å²) in [6, 6.07) is 0. The van der Waals surface area contributed by atoms with Crippen LogP contribution in [-0.4, -0.2) is 39.6 Å². The maximum atomic E-state index is 11.3. The van der Waals surface area contributed by atoms with Crippen LogP contribution in [0.1, 0.15) is 19.8 Å². The van der Waals surface area contributed by atoms with Gasteiger partial charge in [0, 0.05) is 5.92 Å². The highest BCUT2D eigenvalue weighted by molar-refractivity contribution is 7.95. The van der Waals surface area contributed by atoms with E-state index < -0.39 is 19.7 Å². The van der Waals surface area contributed by atoms with E-state index in [0.29, 0.717) is 12.8 Å². The topological polar surface area (TPSA) is 63.6 Å². The predicted molar refractivity (Wildman–Crippen MR) is 65.0 cm³/mol. The second-order valence-corrected chi connectivity index (χ2v) is 4.86. The van der Waals surface area contributed by atoms with Crippen LogP contribution in [0.2, 0.25) is 0 Å². The minimum absolute atomic E-state index is 0.0359. The first-order valence-electron chi connectivity index (χ1n) is 6.39. The maximum absolute atomic E-state index is 11.3. The van der Waals surface area contributed by atoms with Gasteiger partial charge in [-0.1, -0.05) is 0 Å². The SMILES string of the molecule is [2H]B([3H])CSOC[C@@H]1C[C@H](C(C)=O)C[C@H]1C(=O)O. The fourth-order valence-corrected chi connectivity index (χ4v) is 2.49. The molecular formula is C10H17BO4S. The van der Waals surface area contributed by atoms with E-state index in [1.807, 2.05) is 0 Å². The van der Waals surface area contributed by atoms with Gasteiger partial charge in [0.2, 0.25) is 0 Å². The van der Waals surface area contributed by atoms with Crippen molar-refractivity contribution in [2.45, 2.75) is 19.8 Å². The quantitative estimate of drug-likeness (QED) is 0.404. The fraction of sp³-hybridized carbons (Fsp3) is 0.800. The standard InChI is InChI=1S/C10H17BO4S/c1-6(12)7-2-8(4-15-16-5-11)9(3-7)10(13)14/h7-9H,2-5,11H2,1H3,(H,13,14)/t7-,8-,9+/m0/s1/i11TD. The molecule has 1 aliphatic rings. The smallest absolute Gasteiger partial charge is 0.306 e. The van der Waals surface area contributed by atoms with Crippen molar-refractivity contribution in [3.8, 4) is 0 Å². The van der Waals surface area contributed by atoms with Crippen LogP contribution < -0.4 is 0 Å². The molecule has 0 radical (unpaired) electrons. The first-order chi connectivity index (χ1) is 8.41. The normalized spacial score (nSPS) is 30.7. The van der Waals surface area contributed by atoms with E-state index in [0.717, 1.165) is 12.0 Å². The number of ketones is 1. The molecule has 1 saturated carbocycles. The van der Waals surface area contributed by atoms with Crippen molar-refractivity contribution >= 4 is 31.6 Å². The third-order valence-corrected chi connectivity index (χ3v) is 3.46. The Morgan fingerprint density at radius 1 is 1.75 bits per heavy atom. The number of carbonyl (C=O) groups is 2. The summed E-state index contributed by atoms with van der Waals surface area (Å²) in [5.74, 6) is -1.70. The summed E-state index contributed by atoms with van der Waals surface area (Å²) in [5.41, 5.74) is 0.237. The van der Waals surface area contributed by atoms with Gasteiger partial charge < -0.3 is 9.29 Å². The van der Waals surface area contributed by atoms with E-state index in [9.17, 15) is 9.59 Å². The molecule has 1 aliphatic carbocycles. The Balaban J connectivity index is 2.41. The molecule has 0 heterocycles. The van der Waals surface area contributed by atoms with Gasteiger partial charge in [-0.05, 0) is 46.0 Å². The zero-order valence-corrected chi connectivity index (χ0v) is 10.0. The Kier molecular flexibility index (Phi) is 4.20. The van der Waals surface area contributed by atoms with Gasteiger partial charge in [-0.15, -0.1) is 0 Å². The lowest BCUT2D eigenvalue weighted by Crippen LogP contribution is -2.21. The summed E-state index contributed by atoms with van der Waals surface area (Å²) in [6.07, 6.45) is 0.945. The Morgan fingerprint density at radius 2 is 2.50 bits per heavy atom. The molecule has 1 rings (SSSR count). The summed E-state index contributed by atoms with van der Waals surface area (Å²) in [6.45, 7) is 1.75. The Morgan fingerprint density at radius 3 is 3.06 bits per heavy atom. The Bertz CT molecular complexity index is 316. The van der Waals surface area contributed by atoms with Crippen molar-refractivity contribution in [2.75, 3.05) is 12.3 Å². The highest BCUT2D eigenvalue weighted by atomic mass is 32.2. The third-order valence-electron chi connectivity index (χ3n) is 3.02. The summed E-state index contributed by atoms with van der Waals surface area (Å²) < 4.78 is 19.2. The van der Waals surface area contributed by atoms with E-state index in [1.54, 1.807) is 0 Å². The van der Waals surface area contributed by atoms with Crippen LogP contribution in [0.3, 0.4) is 0 Å². The lowest BCUT2D eigenvalue weighted by atomic mass is 9.97. The average Bonchev–Trinajstić information content (AvgIpc) is 2.68. The molecule has 4 nitrogen and oxygen atoms in total. The van der Waals surface area contributed by atoms with Gasteiger partial charge >= 0.3 is 5.97 Å². The molecule has 1 N–H and O–H groups in total. The molecule has 0 bridgehead atoms. The molecule has 0 unspecified atom stereocenters. The molecule has 0 aromatic heterocycles. The van der Waals surface area contributed by atoms with Crippen molar-refractivity contribution in [1.82, 2.24) is 0 Å². The van der Waals surface area contributed by atoms with Crippen LogP contribution >= 0.6 is 12.0 Å². The van der Waals surface area contributed by atoms with Crippen molar-refractivity contribution in [3.05, 3.63) is 0 Å². The third kappa shape index (κ3) is 3.52. The minimum atomic E-state index is -0.946. The molecule has 3 atom stereocenters. The summed E-state index contributed by atoms with van der Waals surface area (Å²) in [7, 11) is -0.946. The van der Waals surface area contributed by atoms with Gasteiger partial charge in [0.15, 0.2) is 0 Å². The lowest BCUT2D eigenvalue weighted by molar-refractivity contribution is -0.143. The fourth-order valence-electron chi connectivity index (χ4n) is 2.13. The average molecular weight is 247 g/mol. The Labute approximate surface area is 103 Å². The second-order valence-electron chi connectivity index (χ2n) is 4.05. The van der Waals surface area contributed by atoms with Gasteiger partial charge in [0.05, 0.1) is 12.5 Å². The van der Waals surface area contributed by atoms with Crippen LogP contribution in [0.25, 0.3) is 0 Å². The number of carboxylic acid groups (broad SMARTS) is 1. The molecule has 1 fully saturated rings. The molecule has 0 saturated heterocycles. The first-order valence-corrected chi connectivity index (χ1v) is 6.15. The molecule has 16 heavy (non-hydrogen) atoms. The van der Waals surface area contributed by atoms with E-state index in [1.165, 1.54) is 6.92 Å². The molecule has 0 spiro atoms. The summed E-state index contributed by atoms with van der Waals surface area (Å²) in [4.78, 5) is 22.4. The van der Waals surface area contributed by atoms with Crippen molar-refractivity contribution in [2.24, 2.45) is 17.8 Å². The molecule has 0 aliphatic heterocycles. The summed E-state index contributed by atoms with van der Waals surface area (Å²) in [5, 5.41) is 9.09. The zero-order chi connectivity index (χ0) is 13.7. The van der Waals surface area contributed by atoms with Crippen LogP contribution in [0.4, 0.5) is 0 Å². The molecule has 0 aromatic rings. The van der Waals surface area contributed by atoms with Crippen LogP contribution in [0.15, 0.2) is 0 Å². The van der Waals surface area contributed by atoms with Gasteiger partial charge in [-0.2, -0.15) is 0 Å². The maximum Gasteiger partial charge on any atom is 0.306 e. The highest BCUT2D eigenvalue weighted by Crippen LogP contribution is 2.37. The second kappa shape index (κ2) is 6.30. The van der Waals surface area contributed by atoms with Gasteiger partial charge in [0.25, 0.3) is 0 Å². The lowest BCUT2D eigenvalue weighted by Gasteiger charge is -2.14. The van der Waals surface area contributed by atoms with Crippen LogP contribution in [0, 0.1) is 17.8 Å². The molecule has 0 amide bonds. The van der Waals surface area contributed by atoms with Gasteiger partial charge in [-0.25, -0.2) is 0 Å². The van der Waals surface area contributed by atoms with Crippen molar-refractivity contribution < 1.29 is 18.9 Å². The molecule has 0 aromatic carbocycles. The monoisotopic (exact) mass is 247 g/mol. The van der Waals surface area contributed by atoms with E-state index in [-0.39, 0.29) is 29.9 Å². The first kappa shape index (κ1) is 10.7. The molecular weight excluding hydrogens is 227 g/mol. The largest absolute Gasteiger partial charge is 0.481 e. The predicted octanol–water partition coefficient (Wildman–Crippen LogP) is 0.558.